The Morgan fingerprint density at radius 1 is 1.26 bits per heavy atom. The zero-order valence-electron chi connectivity index (χ0n) is 16.5. The van der Waals surface area contributed by atoms with Crippen LogP contribution in [0.4, 0.5) is 0 Å². The molecule has 2 saturated heterocycles. The first-order chi connectivity index (χ1) is 13.1. The predicted octanol–water partition coefficient (Wildman–Crippen LogP) is 1.12. The first-order valence-corrected chi connectivity index (χ1v) is 10.1. The SMILES string of the molecule is COCc1noc(CN2CCN(C)[C@@]3(CCC(=O)N(CC4CC4)CC3)C2)n1. The van der Waals surface area contributed by atoms with E-state index in [4.69, 9.17) is 9.26 Å². The van der Waals surface area contributed by atoms with Crippen molar-refractivity contribution in [1.29, 1.82) is 0 Å². The van der Waals surface area contributed by atoms with E-state index in [9.17, 15) is 4.79 Å². The number of amides is 1. The molecule has 1 aliphatic carbocycles. The molecule has 0 unspecified atom stereocenters. The summed E-state index contributed by atoms with van der Waals surface area (Å²) in [7, 11) is 3.84. The van der Waals surface area contributed by atoms with Crippen molar-refractivity contribution in [2.24, 2.45) is 5.92 Å². The molecule has 1 saturated carbocycles. The lowest BCUT2D eigenvalue weighted by molar-refractivity contribution is -0.131. The van der Waals surface area contributed by atoms with Crippen molar-refractivity contribution in [3.8, 4) is 0 Å². The molecule has 0 radical (unpaired) electrons. The second kappa shape index (κ2) is 7.85. The van der Waals surface area contributed by atoms with Crippen LogP contribution < -0.4 is 0 Å². The molecule has 0 N–H and O–H groups in total. The van der Waals surface area contributed by atoms with Gasteiger partial charge in [0.2, 0.25) is 11.8 Å². The average molecular weight is 377 g/mol. The number of hydrogen-bond donors (Lipinski definition) is 0. The molecule has 0 aromatic carbocycles. The van der Waals surface area contributed by atoms with Gasteiger partial charge in [0, 0.05) is 51.8 Å². The molecule has 1 amide bonds. The number of likely N-dealkylation sites (N-methyl/N-ethyl adjacent to an activating group) is 1. The first kappa shape index (κ1) is 18.8. The number of piperazine rings is 1. The normalized spacial score (nSPS) is 28.1. The fraction of sp³-hybridized carbons (Fsp3) is 0.842. The van der Waals surface area contributed by atoms with Crippen molar-refractivity contribution >= 4 is 5.91 Å². The number of methoxy groups -OCH3 is 1. The zero-order chi connectivity index (χ0) is 18.9. The molecule has 8 heteroatoms. The maximum atomic E-state index is 12.6. The number of nitrogens with zero attached hydrogens (tertiary/aromatic N) is 5. The van der Waals surface area contributed by atoms with Crippen molar-refractivity contribution < 1.29 is 14.1 Å². The Labute approximate surface area is 160 Å². The fourth-order valence-electron chi connectivity index (χ4n) is 4.45. The number of aromatic nitrogens is 2. The van der Waals surface area contributed by atoms with Crippen LogP contribution in [0.15, 0.2) is 4.52 Å². The molecule has 8 nitrogen and oxygen atoms in total. The molecule has 3 heterocycles. The van der Waals surface area contributed by atoms with Gasteiger partial charge in [-0.25, -0.2) is 0 Å². The Bertz CT molecular complexity index is 662. The number of rotatable bonds is 6. The highest BCUT2D eigenvalue weighted by Crippen LogP contribution is 2.35. The van der Waals surface area contributed by atoms with E-state index in [1.165, 1.54) is 12.8 Å². The van der Waals surface area contributed by atoms with Crippen LogP contribution in [0.3, 0.4) is 0 Å². The molecule has 2 aliphatic heterocycles. The molecule has 1 spiro atoms. The van der Waals surface area contributed by atoms with Crippen molar-refractivity contribution in [3.63, 3.8) is 0 Å². The van der Waals surface area contributed by atoms with E-state index in [0.717, 1.165) is 51.5 Å². The Balaban J connectivity index is 1.40. The van der Waals surface area contributed by atoms with Crippen molar-refractivity contribution in [1.82, 2.24) is 24.8 Å². The van der Waals surface area contributed by atoms with Gasteiger partial charge in [0.05, 0.1) is 6.54 Å². The van der Waals surface area contributed by atoms with Gasteiger partial charge in [-0.3, -0.25) is 14.6 Å². The van der Waals surface area contributed by atoms with Gasteiger partial charge in [-0.15, -0.1) is 0 Å². The van der Waals surface area contributed by atoms with Crippen LogP contribution in [-0.2, 0) is 22.7 Å². The summed E-state index contributed by atoms with van der Waals surface area (Å²) in [6.07, 6.45) is 5.20. The highest BCUT2D eigenvalue weighted by Gasteiger charge is 2.43. The third kappa shape index (κ3) is 4.33. The van der Waals surface area contributed by atoms with E-state index in [2.05, 4.69) is 31.9 Å². The summed E-state index contributed by atoms with van der Waals surface area (Å²) in [6.45, 7) is 5.78. The van der Waals surface area contributed by atoms with Gasteiger partial charge >= 0.3 is 0 Å². The topological polar surface area (TPSA) is 74.9 Å². The third-order valence-corrected chi connectivity index (χ3v) is 6.40. The van der Waals surface area contributed by atoms with Gasteiger partial charge in [-0.1, -0.05) is 5.16 Å². The standard InChI is InChI=1S/C19H31N5O3/c1-22-9-10-23(12-17-20-16(13-26-2)21-27-17)14-19(22)6-5-18(25)24(8-7-19)11-15-3-4-15/h15H,3-14H2,1-2H3/t19-/m1/s1. The summed E-state index contributed by atoms with van der Waals surface area (Å²) >= 11 is 0. The van der Waals surface area contributed by atoms with Gasteiger partial charge in [0.1, 0.15) is 6.61 Å². The maximum absolute atomic E-state index is 12.6. The van der Waals surface area contributed by atoms with Crippen LogP contribution >= 0.6 is 0 Å². The van der Waals surface area contributed by atoms with E-state index in [1.807, 2.05) is 0 Å². The molecule has 1 atom stereocenters. The average Bonchev–Trinajstić information content (AvgIpc) is 3.40. The number of carbonyl (C=O) groups excluding carboxylic acids is 1. The molecule has 1 aromatic heterocycles. The summed E-state index contributed by atoms with van der Waals surface area (Å²) in [5.41, 5.74) is 0.0571. The predicted molar refractivity (Wildman–Crippen MR) is 98.8 cm³/mol. The van der Waals surface area contributed by atoms with Crippen LogP contribution in [0.2, 0.25) is 0 Å². The minimum Gasteiger partial charge on any atom is -0.377 e. The number of likely N-dealkylation sites (tertiary alicyclic amines) is 1. The third-order valence-electron chi connectivity index (χ3n) is 6.40. The maximum Gasteiger partial charge on any atom is 0.240 e. The van der Waals surface area contributed by atoms with Crippen LogP contribution in [0.5, 0.6) is 0 Å². The summed E-state index contributed by atoms with van der Waals surface area (Å²) < 4.78 is 10.4. The van der Waals surface area contributed by atoms with Gasteiger partial charge in [-0.2, -0.15) is 4.98 Å². The molecule has 3 aliphatic rings. The largest absolute Gasteiger partial charge is 0.377 e. The van der Waals surface area contributed by atoms with Gasteiger partial charge in [-0.05, 0) is 38.6 Å². The zero-order valence-corrected chi connectivity index (χ0v) is 16.5. The summed E-state index contributed by atoms with van der Waals surface area (Å²) in [5.74, 6) is 2.32. The lowest BCUT2D eigenvalue weighted by Crippen LogP contribution is -2.60. The van der Waals surface area contributed by atoms with E-state index >= 15 is 0 Å². The van der Waals surface area contributed by atoms with Crippen LogP contribution in [-0.4, -0.2) is 83.2 Å². The fourth-order valence-corrected chi connectivity index (χ4v) is 4.45. The molecule has 27 heavy (non-hydrogen) atoms. The van der Waals surface area contributed by atoms with Gasteiger partial charge in [0.25, 0.3) is 0 Å². The monoisotopic (exact) mass is 377 g/mol. The number of ether oxygens (including phenoxy) is 1. The molecular formula is C19H31N5O3. The van der Waals surface area contributed by atoms with Crippen LogP contribution in [0, 0.1) is 5.92 Å². The van der Waals surface area contributed by atoms with Gasteiger partial charge in [0.15, 0.2) is 5.82 Å². The lowest BCUT2D eigenvalue weighted by Gasteiger charge is -2.49. The second-order valence-electron chi connectivity index (χ2n) is 8.43. The molecule has 150 valence electrons. The molecule has 1 aromatic rings. The minimum absolute atomic E-state index is 0.0571. The van der Waals surface area contributed by atoms with Gasteiger partial charge < -0.3 is 14.2 Å². The highest BCUT2D eigenvalue weighted by atomic mass is 16.5. The van der Waals surface area contributed by atoms with E-state index < -0.39 is 0 Å². The Hall–Kier alpha value is -1.51. The van der Waals surface area contributed by atoms with Crippen LogP contribution in [0.1, 0.15) is 43.8 Å². The summed E-state index contributed by atoms with van der Waals surface area (Å²) in [4.78, 5) is 24.0. The Morgan fingerprint density at radius 3 is 2.89 bits per heavy atom. The van der Waals surface area contributed by atoms with Crippen molar-refractivity contribution in [3.05, 3.63) is 11.7 Å². The Morgan fingerprint density at radius 2 is 2.11 bits per heavy atom. The minimum atomic E-state index is 0.0571. The summed E-state index contributed by atoms with van der Waals surface area (Å²) in [5, 5.41) is 3.96. The van der Waals surface area contributed by atoms with Crippen LogP contribution in [0.25, 0.3) is 0 Å². The molecular weight excluding hydrogens is 346 g/mol. The van der Waals surface area contributed by atoms with E-state index in [-0.39, 0.29) is 5.54 Å². The first-order valence-electron chi connectivity index (χ1n) is 10.1. The molecule has 4 rings (SSSR count). The highest BCUT2D eigenvalue weighted by molar-refractivity contribution is 5.76. The second-order valence-corrected chi connectivity index (χ2v) is 8.43. The smallest absolute Gasteiger partial charge is 0.240 e. The lowest BCUT2D eigenvalue weighted by atomic mass is 9.86. The van der Waals surface area contributed by atoms with E-state index in [1.54, 1.807) is 7.11 Å². The quantitative estimate of drug-likeness (QED) is 0.735. The van der Waals surface area contributed by atoms with Crippen molar-refractivity contribution in [2.75, 3.05) is 46.9 Å². The molecule has 3 fully saturated rings. The van der Waals surface area contributed by atoms with Crippen molar-refractivity contribution in [2.45, 2.75) is 50.8 Å². The number of carbonyl (C=O) groups is 1. The summed E-state index contributed by atoms with van der Waals surface area (Å²) in [6, 6.07) is 0. The molecule has 0 bridgehead atoms. The van der Waals surface area contributed by atoms with E-state index in [0.29, 0.717) is 37.2 Å². The Kier molecular flexibility index (Phi) is 5.48. The number of hydrogen-bond acceptors (Lipinski definition) is 7.